The number of hydrogen-bond donors (Lipinski definition) is 2. The number of piperidine rings is 1. The van der Waals surface area contributed by atoms with Gasteiger partial charge in [-0.3, -0.25) is 14.2 Å². The Hall–Kier alpha value is -3.70. The summed E-state index contributed by atoms with van der Waals surface area (Å²) in [4.78, 5) is 21.4. The second kappa shape index (κ2) is 18.0. The van der Waals surface area contributed by atoms with Crippen molar-refractivity contribution in [3.8, 4) is 11.3 Å². The number of carbonyl (C=O) groups excluding carboxylic acids is 1. The molecule has 1 aliphatic heterocycles. The Morgan fingerprint density at radius 2 is 1.90 bits per heavy atom. The number of halogens is 2. The van der Waals surface area contributed by atoms with Gasteiger partial charge in [0.25, 0.3) is 0 Å². The van der Waals surface area contributed by atoms with E-state index >= 15 is 0 Å². The van der Waals surface area contributed by atoms with Crippen LogP contribution < -0.4 is 11.1 Å². The van der Waals surface area contributed by atoms with Gasteiger partial charge in [0.05, 0.1) is 30.6 Å². The van der Waals surface area contributed by atoms with Gasteiger partial charge in [-0.15, -0.1) is 5.10 Å². The number of aromatic nitrogens is 4. The number of nitrogens with two attached hydrogens (primary N) is 1. The van der Waals surface area contributed by atoms with Gasteiger partial charge in [-0.2, -0.15) is 15.2 Å². The number of pyridine rings is 1. The Bertz CT molecular complexity index is 1280. The van der Waals surface area contributed by atoms with Gasteiger partial charge in [0, 0.05) is 32.3 Å². The topological polar surface area (TPSA) is 126 Å². The minimum atomic E-state index is -1.16. The molecular formula is C30H49F2N9O. The fourth-order valence-corrected chi connectivity index (χ4v) is 3.94. The minimum Gasteiger partial charge on any atom is -0.371 e. The Labute approximate surface area is 249 Å². The summed E-state index contributed by atoms with van der Waals surface area (Å²) in [6.07, 6.45) is 4.82. The molecule has 0 spiro atoms. The second-order valence-electron chi connectivity index (χ2n) is 10.0. The van der Waals surface area contributed by atoms with Crippen LogP contribution in [0.1, 0.15) is 79.8 Å². The number of aryl methyl sites for hydroxylation is 1. The van der Waals surface area contributed by atoms with Gasteiger partial charge in [-0.1, -0.05) is 27.7 Å². The number of azo groups is 1. The van der Waals surface area contributed by atoms with E-state index in [2.05, 4.69) is 37.5 Å². The first-order valence-corrected chi connectivity index (χ1v) is 14.7. The summed E-state index contributed by atoms with van der Waals surface area (Å²) in [7, 11) is 1.80. The zero-order chi connectivity index (χ0) is 31.9. The average molecular weight is 590 g/mol. The van der Waals surface area contributed by atoms with E-state index in [1.807, 2.05) is 52.1 Å². The number of amides is 1. The van der Waals surface area contributed by atoms with E-state index in [1.54, 1.807) is 30.3 Å². The van der Waals surface area contributed by atoms with E-state index < -0.39 is 5.67 Å². The van der Waals surface area contributed by atoms with Crippen molar-refractivity contribution in [3.05, 3.63) is 30.1 Å². The van der Waals surface area contributed by atoms with Crippen molar-refractivity contribution >= 4 is 28.9 Å². The summed E-state index contributed by atoms with van der Waals surface area (Å²) in [6, 6.07) is 6.02. The fourth-order valence-electron chi connectivity index (χ4n) is 3.94. The minimum absolute atomic E-state index is 0.0198. The number of likely N-dealkylation sites (tertiary alicyclic amines) is 1. The highest BCUT2D eigenvalue weighted by Crippen LogP contribution is 2.30. The van der Waals surface area contributed by atoms with Gasteiger partial charge in [-0.25, -0.2) is 8.91 Å². The molecule has 3 aromatic heterocycles. The first kappa shape index (κ1) is 36.3. The third-order valence-corrected chi connectivity index (χ3v) is 6.33. The molecule has 234 valence electrons. The summed E-state index contributed by atoms with van der Waals surface area (Å²) in [5, 5.41) is 15.9. The molecule has 1 aliphatic rings. The lowest BCUT2D eigenvalue weighted by Gasteiger charge is -2.34. The summed E-state index contributed by atoms with van der Waals surface area (Å²) in [5.41, 5.74) is 8.77. The number of hydrogen-bond acceptors (Lipinski definition) is 8. The Morgan fingerprint density at radius 3 is 2.40 bits per heavy atom. The molecule has 12 heteroatoms. The van der Waals surface area contributed by atoms with Crippen molar-refractivity contribution in [1.82, 2.24) is 24.5 Å². The summed E-state index contributed by atoms with van der Waals surface area (Å²) >= 11 is 0. The Morgan fingerprint density at radius 1 is 1.24 bits per heavy atom. The number of fused-ring (bicyclic) bond motifs is 1. The zero-order valence-electron chi connectivity index (χ0n) is 26.7. The van der Waals surface area contributed by atoms with Crippen LogP contribution in [0.15, 0.2) is 34.6 Å². The molecule has 0 aromatic carbocycles. The smallest absolute Gasteiger partial charge is 0.240 e. The third kappa shape index (κ3) is 10.9. The Balaban J connectivity index is 0.000000430. The first-order valence-electron chi connectivity index (χ1n) is 14.7. The average Bonchev–Trinajstić information content (AvgIpc) is 3.40. The molecule has 0 radical (unpaired) electrons. The third-order valence-electron chi connectivity index (χ3n) is 6.33. The van der Waals surface area contributed by atoms with Gasteiger partial charge in [0.1, 0.15) is 16.9 Å². The lowest BCUT2D eigenvalue weighted by Crippen LogP contribution is -2.45. The lowest BCUT2D eigenvalue weighted by molar-refractivity contribution is -0.132. The molecular weight excluding hydrogens is 540 g/mol. The number of nitrogens with zero attached hydrogens (tertiary/aromatic N) is 7. The van der Waals surface area contributed by atoms with E-state index in [-0.39, 0.29) is 31.1 Å². The number of nitrogen functional groups attached to an aromatic ring is 1. The van der Waals surface area contributed by atoms with Crippen molar-refractivity contribution in [3.63, 3.8) is 0 Å². The summed E-state index contributed by atoms with van der Waals surface area (Å²) in [5.74, 6) is 0.852. The predicted molar refractivity (Wildman–Crippen MR) is 168 cm³/mol. The number of anilines is 2. The summed E-state index contributed by atoms with van der Waals surface area (Å²) in [6.45, 7) is 15.7. The van der Waals surface area contributed by atoms with Gasteiger partial charge in [0.15, 0.2) is 5.82 Å². The maximum absolute atomic E-state index is 13.3. The van der Waals surface area contributed by atoms with E-state index in [0.717, 1.165) is 47.5 Å². The van der Waals surface area contributed by atoms with Crippen LogP contribution in [0.4, 0.5) is 26.2 Å². The normalized spacial score (nSPS) is 16.9. The quantitative estimate of drug-likeness (QED) is 0.289. The predicted octanol–water partition coefficient (Wildman–Crippen LogP) is 7.35. The molecule has 1 fully saturated rings. The monoisotopic (exact) mass is 589 g/mol. The maximum atomic E-state index is 13.3. The van der Waals surface area contributed by atoms with E-state index in [1.165, 1.54) is 6.92 Å². The number of alkyl halides is 2. The van der Waals surface area contributed by atoms with E-state index in [9.17, 15) is 13.6 Å². The van der Waals surface area contributed by atoms with Crippen LogP contribution in [0.3, 0.4) is 0 Å². The number of nitrogens with one attached hydrogen (secondary N) is 1. The highest BCUT2D eigenvalue weighted by atomic mass is 19.1. The SMILES string of the molecule is CC.CC(=O)N1CCCC(C)(F)C1.CCC(C)N=Nc1ccc(-c2ccn3nc(N)nc(NC)c23)nc1C.CCCF. The van der Waals surface area contributed by atoms with Gasteiger partial charge in [-0.05, 0) is 64.7 Å². The van der Waals surface area contributed by atoms with Crippen LogP contribution in [0, 0.1) is 6.92 Å². The molecule has 2 unspecified atom stereocenters. The van der Waals surface area contributed by atoms with Crippen molar-refractivity contribution in [2.45, 2.75) is 92.8 Å². The van der Waals surface area contributed by atoms with Crippen molar-refractivity contribution in [2.75, 3.05) is 37.9 Å². The molecule has 4 heterocycles. The van der Waals surface area contributed by atoms with Crippen LogP contribution in [0.5, 0.6) is 0 Å². The molecule has 1 saturated heterocycles. The van der Waals surface area contributed by atoms with Crippen LogP contribution >= 0.6 is 0 Å². The first-order chi connectivity index (χ1) is 20.0. The zero-order valence-corrected chi connectivity index (χ0v) is 26.7. The molecule has 42 heavy (non-hydrogen) atoms. The van der Waals surface area contributed by atoms with Crippen molar-refractivity contribution < 1.29 is 13.6 Å². The van der Waals surface area contributed by atoms with E-state index in [0.29, 0.717) is 18.7 Å². The molecule has 4 rings (SSSR count). The summed E-state index contributed by atoms with van der Waals surface area (Å²) < 4.78 is 25.7. The maximum Gasteiger partial charge on any atom is 0.240 e. The molecule has 0 bridgehead atoms. The fraction of sp³-hybridized carbons (Fsp3) is 0.600. The molecule has 0 saturated carbocycles. The standard InChI is InChI=1S/C17H22N8.C8H14FNO.C3H7F.C2H6/c1-5-10(2)22-23-13-6-7-14(20-11(13)3)12-8-9-25-15(12)16(19-4)21-17(18)24-25;1-7(11)10-5-3-4-8(2,9)6-10;1-2-3-4;1-2/h6-10H,5H2,1-4H3,(H3,18,19,21,24);3-6H2,1-2H3;2-3H2,1H3;1-2H3. The van der Waals surface area contributed by atoms with Gasteiger partial charge < -0.3 is 16.0 Å². The van der Waals surface area contributed by atoms with Gasteiger partial charge in [0.2, 0.25) is 11.9 Å². The van der Waals surface area contributed by atoms with Crippen LogP contribution in [-0.2, 0) is 4.79 Å². The molecule has 2 atom stereocenters. The second-order valence-corrected chi connectivity index (χ2v) is 10.0. The highest BCUT2D eigenvalue weighted by Gasteiger charge is 2.31. The number of carbonyl (C=O) groups is 1. The number of rotatable bonds is 6. The van der Waals surface area contributed by atoms with Crippen LogP contribution in [0.2, 0.25) is 0 Å². The molecule has 3 aromatic rings. The highest BCUT2D eigenvalue weighted by molar-refractivity contribution is 5.87. The largest absolute Gasteiger partial charge is 0.371 e. The van der Waals surface area contributed by atoms with Gasteiger partial charge >= 0.3 is 0 Å². The molecule has 10 nitrogen and oxygen atoms in total. The molecule has 3 N–H and O–H groups in total. The lowest BCUT2D eigenvalue weighted by atomic mass is 9.97. The van der Waals surface area contributed by atoms with E-state index in [4.69, 9.17) is 5.73 Å². The molecule has 1 amide bonds. The van der Waals surface area contributed by atoms with Crippen LogP contribution in [-0.4, -0.2) is 68.9 Å². The molecule has 0 aliphatic carbocycles. The Kier molecular flexibility index (Phi) is 15.5. The van der Waals surface area contributed by atoms with Crippen LogP contribution in [0.25, 0.3) is 16.8 Å². The van der Waals surface area contributed by atoms with Crippen molar-refractivity contribution in [2.24, 2.45) is 10.2 Å². The van der Waals surface area contributed by atoms with Crippen molar-refractivity contribution in [1.29, 1.82) is 0 Å².